The van der Waals surface area contributed by atoms with Crippen molar-refractivity contribution in [1.29, 1.82) is 0 Å². The van der Waals surface area contributed by atoms with Crippen molar-refractivity contribution in [3.63, 3.8) is 0 Å². The van der Waals surface area contributed by atoms with E-state index in [1.165, 1.54) is 4.90 Å². The Morgan fingerprint density at radius 1 is 1.35 bits per heavy atom. The maximum Gasteiger partial charge on any atom is 0.237 e. The molecule has 1 aliphatic rings. The number of halogens is 2. The monoisotopic (exact) mass is 281 g/mol. The summed E-state index contributed by atoms with van der Waals surface area (Å²) < 4.78 is 27.0. The number of carbonyl (C=O) groups excluding carboxylic acids is 2. The highest BCUT2D eigenvalue weighted by atomic mass is 19.1. The molecule has 20 heavy (non-hydrogen) atoms. The fraction of sp³-hybridized carbons (Fsp3) is 0.467. The highest BCUT2D eigenvalue weighted by Crippen LogP contribution is 2.29. The molecular formula is C15H17F2NO2. The lowest BCUT2D eigenvalue weighted by Crippen LogP contribution is -2.45. The first-order chi connectivity index (χ1) is 9.41. The van der Waals surface area contributed by atoms with Crippen molar-refractivity contribution in [3.05, 3.63) is 29.8 Å². The predicted molar refractivity (Wildman–Crippen MR) is 71.3 cm³/mol. The zero-order chi connectivity index (χ0) is 14.9. The lowest BCUT2D eigenvalue weighted by atomic mass is 9.87. The highest BCUT2D eigenvalue weighted by Gasteiger charge is 2.36. The zero-order valence-corrected chi connectivity index (χ0v) is 11.5. The summed E-state index contributed by atoms with van der Waals surface area (Å²) in [4.78, 5) is 25.6. The Labute approximate surface area is 116 Å². The third kappa shape index (κ3) is 2.71. The van der Waals surface area contributed by atoms with Crippen LogP contribution in [-0.2, 0) is 9.59 Å². The van der Waals surface area contributed by atoms with Crippen molar-refractivity contribution in [2.75, 3.05) is 11.4 Å². The van der Waals surface area contributed by atoms with Crippen LogP contribution >= 0.6 is 0 Å². The number of benzene rings is 1. The van der Waals surface area contributed by atoms with Gasteiger partial charge in [0.05, 0.1) is 11.6 Å². The molecule has 1 amide bonds. The van der Waals surface area contributed by atoms with Crippen molar-refractivity contribution in [3.8, 4) is 0 Å². The number of ketones is 1. The number of hydrogen-bond donors (Lipinski definition) is 0. The van der Waals surface area contributed by atoms with Gasteiger partial charge in [-0.25, -0.2) is 8.78 Å². The second-order valence-corrected chi connectivity index (χ2v) is 5.34. The van der Waals surface area contributed by atoms with Gasteiger partial charge in [0.25, 0.3) is 0 Å². The van der Waals surface area contributed by atoms with E-state index in [1.807, 2.05) is 0 Å². The van der Waals surface area contributed by atoms with Gasteiger partial charge in [-0.15, -0.1) is 0 Å². The molecular weight excluding hydrogens is 264 g/mol. The number of hydrogen-bond acceptors (Lipinski definition) is 2. The molecule has 0 radical (unpaired) electrons. The van der Waals surface area contributed by atoms with Crippen LogP contribution in [0.5, 0.6) is 0 Å². The summed E-state index contributed by atoms with van der Waals surface area (Å²) in [5.41, 5.74) is -0.0868. The normalized spacial score (nSPS) is 19.6. The first-order valence-corrected chi connectivity index (χ1v) is 6.72. The fourth-order valence-corrected chi connectivity index (χ4v) is 2.47. The molecule has 0 N–H and O–H groups in total. The van der Waals surface area contributed by atoms with E-state index in [0.717, 1.165) is 18.2 Å². The van der Waals surface area contributed by atoms with Crippen molar-refractivity contribution in [1.82, 2.24) is 0 Å². The van der Waals surface area contributed by atoms with Crippen LogP contribution in [0, 0.1) is 23.5 Å². The average molecular weight is 281 g/mol. The lowest BCUT2D eigenvalue weighted by molar-refractivity contribution is -0.135. The molecule has 0 aromatic heterocycles. The van der Waals surface area contributed by atoms with Gasteiger partial charge >= 0.3 is 0 Å². The molecule has 0 spiro atoms. The summed E-state index contributed by atoms with van der Waals surface area (Å²) in [7, 11) is 0. The average Bonchev–Trinajstić information content (AvgIpc) is 2.41. The molecule has 1 saturated heterocycles. The Morgan fingerprint density at radius 3 is 2.70 bits per heavy atom. The van der Waals surface area contributed by atoms with Crippen LogP contribution in [0.1, 0.15) is 26.7 Å². The maximum atomic E-state index is 13.8. The quantitative estimate of drug-likeness (QED) is 0.799. The fourth-order valence-electron chi connectivity index (χ4n) is 2.47. The van der Waals surface area contributed by atoms with Gasteiger partial charge in [0, 0.05) is 18.5 Å². The van der Waals surface area contributed by atoms with Crippen LogP contribution in [0.15, 0.2) is 18.2 Å². The molecule has 0 saturated carbocycles. The Balaban J connectivity index is 2.31. The molecule has 2 rings (SSSR count). The largest absolute Gasteiger partial charge is 0.309 e. The summed E-state index contributed by atoms with van der Waals surface area (Å²) in [5.74, 6) is -2.83. The molecule has 1 aliphatic heterocycles. The number of amides is 1. The first kappa shape index (κ1) is 14.6. The molecule has 1 fully saturated rings. The van der Waals surface area contributed by atoms with E-state index in [0.29, 0.717) is 19.4 Å². The summed E-state index contributed by atoms with van der Waals surface area (Å²) in [6.07, 6.45) is 1.08. The van der Waals surface area contributed by atoms with Crippen LogP contribution in [-0.4, -0.2) is 18.2 Å². The number of carbonyl (C=O) groups is 2. The van der Waals surface area contributed by atoms with Gasteiger partial charge in [-0.3, -0.25) is 9.59 Å². The van der Waals surface area contributed by atoms with E-state index in [1.54, 1.807) is 13.8 Å². The van der Waals surface area contributed by atoms with Gasteiger partial charge in [-0.05, 0) is 25.0 Å². The Hall–Kier alpha value is -1.78. The second-order valence-electron chi connectivity index (χ2n) is 5.34. The zero-order valence-electron chi connectivity index (χ0n) is 11.5. The molecule has 1 aromatic carbocycles. The number of piperidine rings is 1. The van der Waals surface area contributed by atoms with Crippen molar-refractivity contribution in [2.45, 2.75) is 26.7 Å². The van der Waals surface area contributed by atoms with E-state index >= 15 is 0 Å². The van der Waals surface area contributed by atoms with Crippen LogP contribution < -0.4 is 4.90 Å². The highest BCUT2D eigenvalue weighted by molar-refractivity contribution is 6.09. The smallest absolute Gasteiger partial charge is 0.237 e. The van der Waals surface area contributed by atoms with Gasteiger partial charge in [0.15, 0.2) is 0 Å². The number of nitrogens with zero attached hydrogens (tertiary/aromatic N) is 1. The Morgan fingerprint density at radius 2 is 2.05 bits per heavy atom. The molecule has 0 bridgehead atoms. The van der Waals surface area contributed by atoms with Crippen molar-refractivity contribution < 1.29 is 18.4 Å². The minimum absolute atomic E-state index is 0.0868. The molecule has 1 heterocycles. The van der Waals surface area contributed by atoms with E-state index in [-0.39, 0.29) is 17.4 Å². The molecule has 1 atom stereocenters. The van der Waals surface area contributed by atoms with Crippen LogP contribution in [0.4, 0.5) is 14.5 Å². The van der Waals surface area contributed by atoms with Crippen LogP contribution in [0.3, 0.4) is 0 Å². The van der Waals surface area contributed by atoms with E-state index in [4.69, 9.17) is 0 Å². The van der Waals surface area contributed by atoms with Gasteiger partial charge in [0.2, 0.25) is 5.91 Å². The third-order valence-electron chi connectivity index (χ3n) is 3.55. The first-order valence-electron chi connectivity index (χ1n) is 6.72. The minimum Gasteiger partial charge on any atom is -0.309 e. The number of Topliss-reactive ketones (excluding diaryl/α,β-unsaturated/α-hetero) is 1. The number of rotatable bonds is 3. The van der Waals surface area contributed by atoms with E-state index < -0.39 is 23.5 Å². The third-order valence-corrected chi connectivity index (χ3v) is 3.55. The maximum absolute atomic E-state index is 13.8. The van der Waals surface area contributed by atoms with Crippen LogP contribution in [0.25, 0.3) is 0 Å². The van der Waals surface area contributed by atoms with Gasteiger partial charge in [0.1, 0.15) is 17.4 Å². The van der Waals surface area contributed by atoms with E-state index in [2.05, 4.69) is 0 Å². The predicted octanol–water partition coefficient (Wildman–Crippen LogP) is 2.93. The molecule has 108 valence electrons. The number of anilines is 1. The summed E-state index contributed by atoms with van der Waals surface area (Å²) in [6, 6.07) is 2.99. The van der Waals surface area contributed by atoms with Gasteiger partial charge in [-0.2, -0.15) is 0 Å². The lowest BCUT2D eigenvalue weighted by Gasteiger charge is -2.32. The standard InChI is InChI=1S/C15H17F2NO2/c1-9(2)14(19)11-4-3-7-18(15(11)20)13-8-10(16)5-6-12(13)17/h5-6,8-9,11H,3-4,7H2,1-2H3/t11-/m1/s1. The minimum atomic E-state index is -0.744. The van der Waals surface area contributed by atoms with Gasteiger partial charge in [-0.1, -0.05) is 13.8 Å². The topological polar surface area (TPSA) is 37.4 Å². The summed E-state index contributed by atoms with van der Waals surface area (Å²) in [6.45, 7) is 3.77. The molecule has 1 aromatic rings. The van der Waals surface area contributed by atoms with Crippen molar-refractivity contribution >= 4 is 17.4 Å². The van der Waals surface area contributed by atoms with Crippen LogP contribution in [0.2, 0.25) is 0 Å². The summed E-state index contributed by atoms with van der Waals surface area (Å²) >= 11 is 0. The second kappa shape index (κ2) is 5.69. The molecule has 0 aliphatic carbocycles. The van der Waals surface area contributed by atoms with Crippen molar-refractivity contribution in [2.24, 2.45) is 11.8 Å². The van der Waals surface area contributed by atoms with Gasteiger partial charge < -0.3 is 4.90 Å². The Kier molecular flexibility index (Phi) is 4.16. The molecule has 3 nitrogen and oxygen atoms in total. The molecule has 0 unspecified atom stereocenters. The molecule has 5 heteroatoms. The summed E-state index contributed by atoms with van der Waals surface area (Å²) in [5, 5.41) is 0. The Bertz CT molecular complexity index is 543. The SMILES string of the molecule is CC(C)C(=O)[C@H]1CCCN(c2cc(F)ccc2F)C1=O. The van der Waals surface area contributed by atoms with E-state index in [9.17, 15) is 18.4 Å².